The zero-order chi connectivity index (χ0) is 15.4. The Morgan fingerprint density at radius 1 is 1.33 bits per heavy atom. The Morgan fingerprint density at radius 3 is 2.76 bits per heavy atom. The molecule has 0 radical (unpaired) electrons. The molecule has 0 aliphatic rings. The normalized spacial score (nSPS) is 10.2. The zero-order valence-corrected chi connectivity index (χ0v) is 11.2. The molecule has 2 aromatic carbocycles. The van der Waals surface area contributed by atoms with E-state index in [9.17, 15) is 19.3 Å². The molecule has 6 heteroatoms. The van der Waals surface area contributed by atoms with Crippen LogP contribution in [-0.4, -0.2) is 11.2 Å². The molecule has 0 heterocycles. The van der Waals surface area contributed by atoms with Gasteiger partial charge in [-0.15, -0.1) is 0 Å². The van der Waals surface area contributed by atoms with Crippen molar-refractivity contribution in [1.82, 2.24) is 0 Å². The van der Waals surface area contributed by atoms with E-state index in [1.54, 1.807) is 18.2 Å². The van der Waals surface area contributed by atoms with Crippen molar-refractivity contribution in [3.05, 3.63) is 69.0 Å². The number of rotatable bonds is 5. The zero-order valence-electron chi connectivity index (χ0n) is 11.2. The summed E-state index contributed by atoms with van der Waals surface area (Å²) in [6, 6.07) is 8.88. The van der Waals surface area contributed by atoms with Crippen LogP contribution in [0.5, 0.6) is 5.75 Å². The molecule has 0 atom stereocenters. The van der Waals surface area contributed by atoms with Gasteiger partial charge in [0.15, 0.2) is 6.29 Å². The van der Waals surface area contributed by atoms with Crippen molar-refractivity contribution in [2.75, 3.05) is 0 Å². The molecule has 0 spiro atoms. The van der Waals surface area contributed by atoms with E-state index in [2.05, 4.69) is 0 Å². The molecule has 2 rings (SSSR count). The Bertz CT molecular complexity index is 700. The number of benzene rings is 2. The highest BCUT2D eigenvalue weighted by Crippen LogP contribution is 2.23. The van der Waals surface area contributed by atoms with Crippen LogP contribution in [0.3, 0.4) is 0 Å². The highest BCUT2D eigenvalue weighted by Gasteiger charge is 2.17. The largest absolute Gasteiger partial charge is 0.488 e. The number of aldehydes is 1. The quantitative estimate of drug-likeness (QED) is 0.480. The molecule has 2 aromatic rings. The number of hydrogen-bond donors (Lipinski definition) is 0. The Hall–Kier alpha value is -2.76. The molecule has 21 heavy (non-hydrogen) atoms. The van der Waals surface area contributed by atoms with E-state index in [1.807, 2.05) is 6.92 Å². The van der Waals surface area contributed by atoms with Gasteiger partial charge in [0, 0.05) is 11.6 Å². The lowest BCUT2D eigenvalue weighted by molar-refractivity contribution is -0.387. The van der Waals surface area contributed by atoms with Gasteiger partial charge in [-0.3, -0.25) is 14.9 Å². The molecule has 0 amide bonds. The van der Waals surface area contributed by atoms with Crippen molar-refractivity contribution >= 4 is 12.0 Å². The molecule has 0 N–H and O–H groups in total. The van der Waals surface area contributed by atoms with Gasteiger partial charge in [0.05, 0.1) is 10.5 Å². The number of carbonyl (C=O) groups excluding carboxylic acids is 1. The van der Waals surface area contributed by atoms with Crippen molar-refractivity contribution in [2.45, 2.75) is 13.5 Å². The molecule has 5 nitrogen and oxygen atoms in total. The van der Waals surface area contributed by atoms with E-state index in [1.165, 1.54) is 12.1 Å². The maximum Gasteiger partial charge on any atom is 0.305 e. The van der Waals surface area contributed by atoms with Gasteiger partial charge in [-0.25, -0.2) is 0 Å². The second kappa shape index (κ2) is 6.13. The fraction of sp³-hybridized carbons (Fsp3) is 0.133. The first kappa shape index (κ1) is 14.6. The number of nitro groups is 1. The van der Waals surface area contributed by atoms with Gasteiger partial charge in [-0.05, 0) is 19.1 Å². The Labute approximate surface area is 120 Å². The van der Waals surface area contributed by atoms with E-state index >= 15 is 0 Å². The lowest BCUT2D eigenvalue weighted by Crippen LogP contribution is -2.03. The third kappa shape index (κ3) is 3.22. The minimum atomic E-state index is -0.928. The maximum atomic E-state index is 13.9. The third-order valence-corrected chi connectivity index (χ3v) is 2.93. The maximum absolute atomic E-state index is 13.9. The fourth-order valence-electron chi connectivity index (χ4n) is 1.87. The first-order valence-corrected chi connectivity index (χ1v) is 6.13. The van der Waals surface area contributed by atoms with Gasteiger partial charge in [0.2, 0.25) is 5.82 Å². The molecule has 0 aromatic heterocycles. The van der Waals surface area contributed by atoms with Crippen LogP contribution in [0.2, 0.25) is 0 Å². The van der Waals surface area contributed by atoms with E-state index in [0.717, 1.165) is 11.6 Å². The van der Waals surface area contributed by atoms with Gasteiger partial charge in [0.1, 0.15) is 12.4 Å². The predicted octanol–water partition coefficient (Wildman–Crippen LogP) is 3.43. The van der Waals surface area contributed by atoms with Crippen LogP contribution in [0.4, 0.5) is 10.1 Å². The Morgan fingerprint density at radius 2 is 2.10 bits per heavy atom. The van der Waals surface area contributed by atoms with E-state index in [-0.39, 0.29) is 12.2 Å². The first-order chi connectivity index (χ1) is 10.0. The summed E-state index contributed by atoms with van der Waals surface area (Å²) >= 11 is 0. The summed E-state index contributed by atoms with van der Waals surface area (Å²) in [5, 5.41) is 10.7. The predicted molar refractivity (Wildman–Crippen MR) is 74.0 cm³/mol. The van der Waals surface area contributed by atoms with Gasteiger partial charge in [-0.2, -0.15) is 4.39 Å². The minimum absolute atomic E-state index is 0.0571. The lowest BCUT2D eigenvalue weighted by atomic mass is 10.1. The summed E-state index contributed by atoms with van der Waals surface area (Å²) in [7, 11) is 0. The molecule has 0 bridgehead atoms. The average Bonchev–Trinajstić information content (AvgIpc) is 2.46. The number of nitro benzene ring substituents is 1. The highest BCUT2D eigenvalue weighted by molar-refractivity contribution is 5.79. The Balaban J connectivity index is 2.23. The second-order valence-electron chi connectivity index (χ2n) is 4.46. The van der Waals surface area contributed by atoms with Crippen molar-refractivity contribution in [3.63, 3.8) is 0 Å². The highest BCUT2D eigenvalue weighted by atomic mass is 19.1. The summed E-state index contributed by atoms with van der Waals surface area (Å²) in [4.78, 5) is 20.8. The van der Waals surface area contributed by atoms with E-state index in [0.29, 0.717) is 17.6 Å². The van der Waals surface area contributed by atoms with Gasteiger partial charge in [-0.1, -0.05) is 23.8 Å². The SMILES string of the molecule is Cc1ccc(OCc2cccc([N+](=O)[O-])c2F)c(C=O)c1. The first-order valence-electron chi connectivity index (χ1n) is 6.13. The van der Waals surface area contributed by atoms with Crippen LogP contribution in [0.15, 0.2) is 36.4 Å². The summed E-state index contributed by atoms with van der Waals surface area (Å²) in [6.45, 7) is 1.63. The fourth-order valence-corrected chi connectivity index (χ4v) is 1.87. The van der Waals surface area contributed by atoms with E-state index in [4.69, 9.17) is 4.74 Å². The molecule has 0 unspecified atom stereocenters. The third-order valence-electron chi connectivity index (χ3n) is 2.93. The topological polar surface area (TPSA) is 69.4 Å². The van der Waals surface area contributed by atoms with Gasteiger partial charge < -0.3 is 4.74 Å². The van der Waals surface area contributed by atoms with Crippen LogP contribution >= 0.6 is 0 Å². The van der Waals surface area contributed by atoms with Crippen LogP contribution in [-0.2, 0) is 6.61 Å². The number of nitrogens with zero attached hydrogens (tertiary/aromatic N) is 1. The number of halogens is 1. The molecule has 0 aliphatic carbocycles. The molecule has 0 saturated carbocycles. The van der Waals surface area contributed by atoms with Crippen molar-refractivity contribution < 1.29 is 18.8 Å². The number of ether oxygens (including phenoxy) is 1. The smallest absolute Gasteiger partial charge is 0.305 e. The summed E-state index contributed by atoms with van der Waals surface area (Å²) in [5.41, 5.74) is 0.698. The molecular formula is C15H12FNO4. The molecule has 0 aliphatic heterocycles. The van der Waals surface area contributed by atoms with Gasteiger partial charge >= 0.3 is 5.69 Å². The summed E-state index contributed by atoms with van der Waals surface area (Å²) in [5.74, 6) is -0.622. The summed E-state index contributed by atoms with van der Waals surface area (Å²) in [6.07, 6.45) is 0.645. The molecule has 0 saturated heterocycles. The molecular weight excluding hydrogens is 277 g/mol. The molecule has 0 fully saturated rings. The number of hydrogen-bond acceptors (Lipinski definition) is 4. The Kier molecular flexibility index (Phi) is 4.27. The average molecular weight is 289 g/mol. The monoisotopic (exact) mass is 289 g/mol. The standard InChI is InChI=1S/C15H12FNO4/c1-10-5-6-14(12(7-10)8-18)21-9-11-3-2-4-13(15(11)16)17(19)20/h2-8H,9H2,1H3. The van der Waals surface area contributed by atoms with Crippen molar-refractivity contribution in [2.24, 2.45) is 0 Å². The number of aryl methyl sites for hydroxylation is 1. The molecule has 108 valence electrons. The lowest BCUT2D eigenvalue weighted by Gasteiger charge is -2.09. The van der Waals surface area contributed by atoms with Crippen LogP contribution in [0.1, 0.15) is 21.5 Å². The van der Waals surface area contributed by atoms with Crippen molar-refractivity contribution in [3.8, 4) is 5.75 Å². The van der Waals surface area contributed by atoms with Crippen molar-refractivity contribution in [1.29, 1.82) is 0 Å². The van der Waals surface area contributed by atoms with Crippen LogP contribution < -0.4 is 4.74 Å². The van der Waals surface area contributed by atoms with E-state index < -0.39 is 16.4 Å². The van der Waals surface area contributed by atoms with Crippen LogP contribution in [0, 0.1) is 22.9 Å². The van der Waals surface area contributed by atoms with Gasteiger partial charge in [0.25, 0.3) is 0 Å². The minimum Gasteiger partial charge on any atom is -0.488 e. The summed E-state index contributed by atoms with van der Waals surface area (Å²) < 4.78 is 19.3. The van der Waals surface area contributed by atoms with Crippen LogP contribution in [0.25, 0.3) is 0 Å². The number of carbonyl (C=O) groups is 1. The second-order valence-corrected chi connectivity index (χ2v) is 4.46.